The Balaban J connectivity index is 1.91. The van der Waals surface area contributed by atoms with Crippen molar-refractivity contribution in [2.45, 2.75) is 25.3 Å². The topological polar surface area (TPSA) is 54.0 Å². The first-order valence-electron chi connectivity index (χ1n) is 4.91. The van der Waals surface area contributed by atoms with Crippen LogP contribution in [0.3, 0.4) is 0 Å². The molecule has 1 atom stereocenters. The molecule has 15 heavy (non-hydrogen) atoms. The standard InChI is InChI=1S/C9H12BrN3OS/c10-7-5-12-9(15-7)13-8(14)6-3-1-2-4-11-6/h5-6,11H,1-4H2,(H,12,13,14)/t6-/m0/s1. The number of halogens is 1. The van der Waals surface area contributed by atoms with Gasteiger partial charge in [-0.25, -0.2) is 4.98 Å². The van der Waals surface area contributed by atoms with Crippen molar-refractivity contribution < 1.29 is 4.79 Å². The smallest absolute Gasteiger partial charge is 0.243 e. The molecule has 1 amide bonds. The Hall–Kier alpha value is -0.460. The number of amides is 1. The summed E-state index contributed by atoms with van der Waals surface area (Å²) in [6.07, 6.45) is 4.88. The van der Waals surface area contributed by atoms with Crippen LogP contribution in [0.5, 0.6) is 0 Å². The quantitative estimate of drug-likeness (QED) is 0.875. The Morgan fingerprint density at radius 1 is 1.67 bits per heavy atom. The van der Waals surface area contributed by atoms with Crippen LogP contribution in [0.25, 0.3) is 0 Å². The van der Waals surface area contributed by atoms with Crippen LogP contribution in [0.4, 0.5) is 5.13 Å². The molecule has 0 unspecified atom stereocenters. The summed E-state index contributed by atoms with van der Waals surface area (Å²) in [4.78, 5) is 15.8. The zero-order chi connectivity index (χ0) is 10.7. The lowest BCUT2D eigenvalue weighted by Crippen LogP contribution is -2.43. The molecule has 2 heterocycles. The van der Waals surface area contributed by atoms with Gasteiger partial charge >= 0.3 is 0 Å². The molecule has 6 heteroatoms. The fourth-order valence-electron chi connectivity index (χ4n) is 1.58. The fraction of sp³-hybridized carbons (Fsp3) is 0.556. The van der Waals surface area contributed by atoms with Gasteiger partial charge in [0.05, 0.1) is 16.0 Å². The van der Waals surface area contributed by atoms with E-state index in [0.717, 1.165) is 29.6 Å². The van der Waals surface area contributed by atoms with Crippen molar-refractivity contribution in [1.29, 1.82) is 0 Å². The first kappa shape index (κ1) is 11.0. The Bertz CT molecular complexity index is 349. The van der Waals surface area contributed by atoms with Crippen LogP contribution >= 0.6 is 27.3 Å². The molecular formula is C9H12BrN3OS. The molecule has 0 spiro atoms. The minimum Gasteiger partial charge on any atom is -0.306 e. The van der Waals surface area contributed by atoms with Gasteiger partial charge in [-0.05, 0) is 35.3 Å². The van der Waals surface area contributed by atoms with Gasteiger partial charge in [-0.15, -0.1) is 0 Å². The maximum Gasteiger partial charge on any atom is 0.243 e. The van der Waals surface area contributed by atoms with Gasteiger partial charge < -0.3 is 10.6 Å². The summed E-state index contributed by atoms with van der Waals surface area (Å²) in [5, 5.41) is 6.66. The zero-order valence-corrected chi connectivity index (χ0v) is 10.5. The average Bonchev–Trinajstić information content (AvgIpc) is 2.65. The molecule has 4 nitrogen and oxygen atoms in total. The molecule has 0 aromatic carbocycles. The lowest BCUT2D eigenvalue weighted by atomic mass is 10.0. The summed E-state index contributed by atoms with van der Waals surface area (Å²) >= 11 is 4.73. The number of carbonyl (C=O) groups is 1. The molecular weight excluding hydrogens is 278 g/mol. The molecule has 1 aromatic rings. The van der Waals surface area contributed by atoms with Crippen LogP contribution in [-0.2, 0) is 4.79 Å². The highest BCUT2D eigenvalue weighted by molar-refractivity contribution is 9.11. The van der Waals surface area contributed by atoms with Gasteiger partial charge in [0.1, 0.15) is 0 Å². The van der Waals surface area contributed by atoms with E-state index >= 15 is 0 Å². The SMILES string of the molecule is O=C(Nc1ncc(Br)s1)[C@@H]1CCCCN1. The van der Waals surface area contributed by atoms with Crippen molar-refractivity contribution in [3.8, 4) is 0 Å². The van der Waals surface area contributed by atoms with Gasteiger partial charge in [0.25, 0.3) is 0 Å². The summed E-state index contributed by atoms with van der Waals surface area (Å²) in [6.45, 7) is 0.930. The Kier molecular flexibility index (Phi) is 3.71. The molecule has 1 aliphatic rings. The maximum atomic E-state index is 11.8. The van der Waals surface area contributed by atoms with E-state index in [1.54, 1.807) is 6.20 Å². The molecule has 82 valence electrons. The number of carbonyl (C=O) groups excluding carboxylic acids is 1. The van der Waals surface area contributed by atoms with E-state index in [0.29, 0.717) is 5.13 Å². The van der Waals surface area contributed by atoms with Crippen LogP contribution in [0, 0.1) is 0 Å². The van der Waals surface area contributed by atoms with E-state index in [1.807, 2.05) is 0 Å². The number of rotatable bonds is 2. The number of thiazole rings is 1. The number of nitrogens with zero attached hydrogens (tertiary/aromatic N) is 1. The first-order chi connectivity index (χ1) is 7.25. The first-order valence-corrected chi connectivity index (χ1v) is 6.52. The van der Waals surface area contributed by atoms with Crippen molar-refractivity contribution in [3.63, 3.8) is 0 Å². The van der Waals surface area contributed by atoms with Crippen molar-refractivity contribution in [3.05, 3.63) is 9.98 Å². The van der Waals surface area contributed by atoms with Crippen LogP contribution in [0.15, 0.2) is 9.98 Å². The number of aromatic nitrogens is 1. The molecule has 0 radical (unpaired) electrons. The third-order valence-corrected chi connectivity index (χ3v) is 3.73. The molecule has 1 aromatic heterocycles. The summed E-state index contributed by atoms with van der Waals surface area (Å²) in [5.74, 6) is 0.0246. The number of hydrogen-bond acceptors (Lipinski definition) is 4. The van der Waals surface area contributed by atoms with Gasteiger partial charge in [0.15, 0.2) is 5.13 Å². The second kappa shape index (κ2) is 5.05. The zero-order valence-electron chi connectivity index (χ0n) is 8.12. The molecule has 0 bridgehead atoms. The van der Waals surface area contributed by atoms with Gasteiger partial charge in [0, 0.05) is 0 Å². The predicted molar refractivity (Wildman–Crippen MR) is 64.1 cm³/mol. The minimum atomic E-state index is -0.0542. The third kappa shape index (κ3) is 2.99. The molecule has 0 aliphatic carbocycles. The Morgan fingerprint density at radius 2 is 2.53 bits per heavy atom. The summed E-state index contributed by atoms with van der Waals surface area (Å²) < 4.78 is 0.925. The average molecular weight is 290 g/mol. The Labute approximate surface area is 101 Å². The number of nitrogens with one attached hydrogen (secondary N) is 2. The second-order valence-electron chi connectivity index (χ2n) is 3.46. The maximum absolute atomic E-state index is 11.8. The van der Waals surface area contributed by atoms with Gasteiger partial charge in [-0.1, -0.05) is 17.8 Å². The molecule has 2 N–H and O–H groups in total. The highest BCUT2D eigenvalue weighted by Crippen LogP contribution is 2.23. The van der Waals surface area contributed by atoms with E-state index in [1.165, 1.54) is 11.3 Å². The van der Waals surface area contributed by atoms with E-state index < -0.39 is 0 Å². The van der Waals surface area contributed by atoms with Crippen LogP contribution in [-0.4, -0.2) is 23.5 Å². The summed E-state index contributed by atoms with van der Waals surface area (Å²) in [6, 6.07) is -0.0542. The van der Waals surface area contributed by atoms with E-state index in [2.05, 4.69) is 31.5 Å². The van der Waals surface area contributed by atoms with Crippen molar-refractivity contribution in [1.82, 2.24) is 10.3 Å². The van der Waals surface area contributed by atoms with Gasteiger partial charge in [-0.2, -0.15) is 0 Å². The van der Waals surface area contributed by atoms with Crippen LogP contribution < -0.4 is 10.6 Å². The van der Waals surface area contributed by atoms with Gasteiger partial charge in [-0.3, -0.25) is 4.79 Å². The molecule has 1 saturated heterocycles. The highest BCUT2D eigenvalue weighted by Gasteiger charge is 2.20. The number of piperidine rings is 1. The van der Waals surface area contributed by atoms with Gasteiger partial charge in [0.2, 0.25) is 5.91 Å². The fourth-order valence-corrected chi connectivity index (χ4v) is 2.69. The van der Waals surface area contributed by atoms with Crippen LogP contribution in [0.2, 0.25) is 0 Å². The van der Waals surface area contributed by atoms with E-state index in [-0.39, 0.29) is 11.9 Å². The van der Waals surface area contributed by atoms with Crippen molar-refractivity contribution in [2.24, 2.45) is 0 Å². The van der Waals surface area contributed by atoms with Crippen molar-refractivity contribution >= 4 is 38.3 Å². The summed E-state index contributed by atoms with van der Waals surface area (Å²) in [7, 11) is 0. The summed E-state index contributed by atoms with van der Waals surface area (Å²) in [5.41, 5.74) is 0. The van der Waals surface area contributed by atoms with E-state index in [4.69, 9.17) is 0 Å². The molecule has 2 rings (SSSR count). The molecule has 1 fully saturated rings. The largest absolute Gasteiger partial charge is 0.306 e. The van der Waals surface area contributed by atoms with Crippen LogP contribution in [0.1, 0.15) is 19.3 Å². The van der Waals surface area contributed by atoms with Crippen molar-refractivity contribution in [2.75, 3.05) is 11.9 Å². The number of anilines is 1. The Morgan fingerprint density at radius 3 is 3.13 bits per heavy atom. The lowest BCUT2D eigenvalue weighted by molar-refractivity contribution is -0.118. The van der Waals surface area contributed by atoms with E-state index in [9.17, 15) is 4.79 Å². The lowest BCUT2D eigenvalue weighted by Gasteiger charge is -2.21. The molecule has 0 saturated carbocycles. The number of hydrogen-bond donors (Lipinski definition) is 2. The second-order valence-corrected chi connectivity index (χ2v) is 5.87. The third-order valence-electron chi connectivity index (χ3n) is 2.33. The molecule has 1 aliphatic heterocycles. The monoisotopic (exact) mass is 289 g/mol. The normalized spacial score (nSPS) is 21.3. The minimum absolute atomic E-state index is 0.0246. The highest BCUT2D eigenvalue weighted by atomic mass is 79.9. The predicted octanol–water partition coefficient (Wildman–Crippen LogP) is 1.99.